The number of rotatable bonds is 8. The molecule has 100 valence electrons. The van der Waals surface area contributed by atoms with Crippen LogP contribution in [0.15, 0.2) is 24.3 Å². The number of carbonyl (C=O) groups excluding carboxylic acids is 1. The summed E-state index contributed by atoms with van der Waals surface area (Å²) in [5.41, 5.74) is 0.752. The maximum atomic E-state index is 12.0. The zero-order chi connectivity index (χ0) is 13.4. The molecule has 1 rings (SSSR count). The molecule has 0 bridgehead atoms. The highest BCUT2D eigenvalue weighted by molar-refractivity contribution is 5.97. The monoisotopic (exact) mass is 249 g/mol. The van der Waals surface area contributed by atoms with Crippen LogP contribution in [0.25, 0.3) is 0 Å². The number of nitrogens with zero attached hydrogens (tertiary/aromatic N) is 1. The van der Waals surface area contributed by atoms with Gasteiger partial charge in [-0.3, -0.25) is 9.69 Å². The van der Waals surface area contributed by atoms with Crippen LogP contribution in [0.1, 0.15) is 37.0 Å². The van der Waals surface area contributed by atoms with E-state index in [9.17, 15) is 4.79 Å². The van der Waals surface area contributed by atoms with Crippen LogP contribution in [0.5, 0.6) is 5.75 Å². The van der Waals surface area contributed by atoms with Crippen molar-refractivity contribution in [1.82, 2.24) is 4.90 Å². The second kappa shape index (κ2) is 7.88. The molecule has 0 radical (unpaired) electrons. The summed E-state index contributed by atoms with van der Waals surface area (Å²) in [5.74, 6) is 0.977. The van der Waals surface area contributed by atoms with E-state index in [0.29, 0.717) is 13.2 Å². The van der Waals surface area contributed by atoms with Crippen molar-refractivity contribution < 1.29 is 9.53 Å². The Kier molecular flexibility index (Phi) is 6.44. The summed E-state index contributed by atoms with van der Waals surface area (Å²) in [6, 6.07) is 7.37. The molecule has 0 unspecified atom stereocenters. The summed E-state index contributed by atoms with van der Waals surface area (Å²) in [5, 5.41) is 0. The Hall–Kier alpha value is -1.35. The van der Waals surface area contributed by atoms with Gasteiger partial charge in [0.1, 0.15) is 5.75 Å². The number of unbranched alkanes of at least 4 members (excludes halogenated alkanes) is 1. The number of benzene rings is 1. The zero-order valence-corrected chi connectivity index (χ0v) is 11.6. The lowest BCUT2D eigenvalue weighted by molar-refractivity contribution is 0.0945. The first-order valence-electron chi connectivity index (χ1n) is 6.62. The maximum absolute atomic E-state index is 12.0. The quantitative estimate of drug-likeness (QED) is 0.663. The van der Waals surface area contributed by atoms with E-state index in [1.54, 1.807) is 0 Å². The zero-order valence-electron chi connectivity index (χ0n) is 11.6. The van der Waals surface area contributed by atoms with Crippen LogP contribution in [-0.4, -0.2) is 37.4 Å². The van der Waals surface area contributed by atoms with E-state index >= 15 is 0 Å². The van der Waals surface area contributed by atoms with Crippen molar-refractivity contribution in [3.63, 3.8) is 0 Å². The number of carbonyl (C=O) groups is 1. The fourth-order valence-electron chi connectivity index (χ4n) is 1.75. The molecule has 0 N–H and O–H groups in total. The summed E-state index contributed by atoms with van der Waals surface area (Å²) in [6.45, 7) is 6.20. The first kappa shape index (κ1) is 14.7. The molecule has 0 atom stereocenters. The average molecular weight is 249 g/mol. The summed E-state index contributed by atoms with van der Waals surface area (Å²) in [6.07, 6.45) is 2.29. The Morgan fingerprint density at radius 2 is 1.89 bits per heavy atom. The van der Waals surface area contributed by atoms with Gasteiger partial charge in [-0.1, -0.05) is 13.3 Å². The second-order valence-corrected chi connectivity index (χ2v) is 4.47. The Bertz CT molecular complexity index is 359. The number of ether oxygens (including phenoxy) is 1. The fraction of sp³-hybridized carbons (Fsp3) is 0.533. The third kappa shape index (κ3) is 4.88. The van der Waals surface area contributed by atoms with E-state index in [2.05, 4.69) is 11.8 Å². The highest BCUT2D eigenvalue weighted by Gasteiger charge is 2.09. The van der Waals surface area contributed by atoms with Gasteiger partial charge in [0.2, 0.25) is 0 Å². The molecule has 0 aliphatic carbocycles. The highest BCUT2D eigenvalue weighted by Crippen LogP contribution is 2.12. The summed E-state index contributed by atoms with van der Waals surface area (Å²) in [7, 11) is 1.99. The van der Waals surface area contributed by atoms with Gasteiger partial charge in [0.15, 0.2) is 5.78 Å². The van der Waals surface area contributed by atoms with Crippen LogP contribution in [0.2, 0.25) is 0 Å². The van der Waals surface area contributed by atoms with Crippen LogP contribution in [0.3, 0.4) is 0 Å². The predicted octanol–water partition coefficient (Wildman–Crippen LogP) is 3.00. The minimum absolute atomic E-state index is 0.164. The molecule has 0 spiro atoms. The lowest BCUT2D eigenvalue weighted by Crippen LogP contribution is -2.26. The van der Waals surface area contributed by atoms with Crippen molar-refractivity contribution in [3.8, 4) is 5.75 Å². The van der Waals surface area contributed by atoms with Gasteiger partial charge < -0.3 is 4.74 Å². The minimum atomic E-state index is 0.164. The second-order valence-electron chi connectivity index (χ2n) is 4.47. The highest BCUT2D eigenvalue weighted by atomic mass is 16.5. The molecule has 0 amide bonds. The first-order chi connectivity index (χ1) is 8.67. The van der Waals surface area contributed by atoms with E-state index in [-0.39, 0.29) is 5.78 Å². The summed E-state index contributed by atoms with van der Waals surface area (Å²) < 4.78 is 5.35. The lowest BCUT2D eigenvalue weighted by atomic mass is 10.1. The van der Waals surface area contributed by atoms with E-state index < -0.39 is 0 Å². The molecule has 0 aliphatic heterocycles. The molecule has 3 nitrogen and oxygen atoms in total. The third-order valence-corrected chi connectivity index (χ3v) is 2.79. The van der Waals surface area contributed by atoms with Gasteiger partial charge >= 0.3 is 0 Å². The van der Waals surface area contributed by atoms with Crippen molar-refractivity contribution >= 4 is 5.78 Å². The number of hydrogen-bond acceptors (Lipinski definition) is 3. The van der Waals surface area contributed by atoms with Crippen LogP contribution in [-0.2, 0) is 0 Å². The van der Waals surface area contributed by atoms with E-state index in [1.807, 2.05) is 38.2 Å². The molecular weight excluding hydrogens is 226 g/mol. The Morgan fingerprint density at radius 1 is 1.22 bits per heavy atom. The largest absolute Gasteiger partial charge is 0.494 e. The van der Waals surface area contributed by atoms with Crippen LogP contribution >= 0.6 is 0 Å². The third-order valence-electron chi connectivity index (χ3n) is 2.79. The standard InChI is InChI=1S/C15H23NO2/c1-4-6-11-16(3)12-15(17)13-7-9-14(10-8-13)18-5-2/h7-10H,4-6,11-12H2,1-3H3. The summed E-state index contributed by atoms with van der Waals surface area (Å²) >= 11 is 0. The molecule has 3 heteroatoms. The first-order valence-corrected chi connectivity index (χ1v) is 6.62. The van der Waals surface area contributed by atoms with Gasteiger partial charge in [-0.15, -0.1) is 0 Å². The van der Waals surface area contributed by atoms with Crippen molar-refractivity contribution in [1.29, 1.82) is 0 Å². The average Bonchev–Trinajstić information content (AvgIpc) is 2.37. The van der Waals surface area contributed by atoms with Crippen molar-refractivity contribution in [2.75, 3.05) is 26.7 Å². The predicted molar refractivity (Wildman–Crippen MR) is 74.3 cm³/mol. The Labute approximate surface area is 110 Å². The number of hydrogen-bond donors (Lipinski definition) is 0. The van der Waals surface area contributed by atoms with Gasteiger partial charge in [0, 0.05) is 5.56 Å². The fourth-order valence-corrected chi connectivity index (χ4v) is 1.75. The molecule has 0 aliphatic rings. The lowest BCUT2D eigenvalue weighted by Gasteiger charge is -2.15. The minimum Gasteiger partial charge on any atom is -0.494 e. The number of Topliss-reactive ketones (excluding diaryl/α,β-unsaturated/α-hetero) is 1. The van der Waals surface area contributed by atoms with Gasteiger partial charge in [0.25, 0.3) is 0 Å². The van der Waals surface area contributed by atoms with E-state index in [1.165, 1.54) is 0 Å². The van der Waals surface area contributed by atoms with Crippen molar-refractivity contribution in [2.24, 2.45) is 0 Å². The van der Waals surface area contributed by atoms with E-state index in [0.717, 1.165) is 30.7 Å². The van der Waals surface area contributed by atoms with Crippen LogP contribution in [0, 0.1) is 0 Å². The molecule has 0 saturated heterocycles. The molecule has 0 heterocycles. The van der Waals surface area contributed by atoms with Gasteiger partial charge in [-0.05, 0) is 51.2 Å². The topological polar surface area (TPSA) is 29.5 Å². The smallest absolute Gasteiger partial charge is 0.176 e. The number of ketones is 1. The van der Waals surface area contributed by atoms with Gasteiger partial charge in [-0.25, -0.2) is 0 Å². The van der Waals surface area contributed by atoms with Crippen molar-refractivity contribution in [3.05, 3.63) is 29.8 Å². The Morgan fingerprint density at radius 3 is 2.44 bits per heavy atom. The van der Waals surface area contributed by atoms with E-state index in [4.69, 9.17) is 4.74 Å². The molecule has 0 aromatic heterocycles. The molecule has 0 fully saturated rings. The van der Waals surface area contributed by atoms with Crippen molar-refractivity contribution in [2.45, 2.75) is 26.7 Å². The van der Waals surface area contributed by atoms with Gasteiger partial charge in [-0.2, -0.15) is 0 Å². The van der Waals surface area contributed by atoms with Crippen LogP contribution in [0.4, 0.5) is 0 Å². The SMILES string of the molecule is CCCCN(C)CC(=O)c1ccc(OCC)cc1. The van der Waals surface area contributed by atoms with Crippen LogP contribution < -0.4 is 4.74 Å². The normalized spacial score (nSPS) is 10.7. The number of likely N-dealkylation sites (N-methyl/N-ethyl adjacent to an activating group) is 1. The molecule has 1 aromatic rings. The van der Waals surface area contributed by atoms with Gasteiger partial charge in [0.05, 0.1) is 13.2 Å². The molecule has 0 saturated carbocycles. The molecule has 1 aromatic carbocycles. The molecule has 18 heavy (non-hydrogen) atoms. The summed E-state index contributed by atoms with van der Waals surface area (Å²) in [4.78, 5) is 14.1. The Balaban J connectivity index is 2.50. The maximum Gasteiger partial charge on any atom is 0.176 e. The molecular formula is C15H23NO2.